The molecule has 1 saturated heterocycles. The highest BCUT2D eigenvalue weighted by Gasteiger charge is 2.37. The molecule has 0 spiro atoms. The van der Waals surface area contributed by atoms with Crippen molar-refractivity contribution in [3.8, 4) is 0 Å². The molecule has 0 bridgehead atoms. The fraction of sp³-hybridized carbons (Fsp3) is 0.471. The van der Waals surface area contributed by atoms with Crippen molar-refractivity contribution < 1.29 is 23.7 Å². The van der Waals surface area contributed by atoms with Crippen molar-refractivity contribution in [2.24, 2.45) is 0 Å². The molecule has 26 heavy (non-hydrogen) atoms. The van der Waals surface area contributed by atoms with Crippen LogP contribution in [0.3, 0.4) is 0 Å². The van der Waals surface area contributed by atoms with Crippen LogP contribution in [0.1, 0.15) is 11.3 Å². The number of hydrogen-bond donors (Lipinski definition) is 2. The van der Waals surface area contributed by atoms with Gasteiger partial charge in [0, 0.05) is 19.5 Å². The molecular weight excluding hydrogens is 343 g/mol. The number of nitrogens with zero attached hydrogens (tertiary/aromatic N) is 3. The number of amides is 1. The van der Waals surface area contributed by atoms with Gasteiger partial charge >= 0.3 is 0 Å². The molecule has 140 valence electrons. The van der Waals surface area contributed by atoms with Crippen LogP contribution in [-0.4, -0.2) is 64.7 Å². The smallest absolute Gasteiger partial charge is 0.239 e. The van der Waals surface area contributed by atoms with E-state index in [4.69, 9.17) is 4.74 Å². The number of aliphatic hydroxyl groups is 1. The molecule has 1 amide bonds. The lowest BCUT2D eigenvalue weighted by Crippen LogP contribution is -2.56. The number of aromatic nitrogens is 2. The third-order valence-corrected chi connectivity index (χ3v) is 4.33. The maximum absolute atomic E-state index is 13.1. The van der Waals surface area contributed by atoms with E-state index in [2.05, 4.69) is 20.3 Å². The molecule has 8 nitrogen and oxygen atoms in total. The molecule has 2 heterocycles. The van der Waals surface area contributed by atoms with Crippen molar-refractivity contribution in [2.75, 3.05) is 38.2 Å². The van der Waals surface area contributed by atoms with E-state index >= 15 is 0 Å². The van der Waals surface area contributed by atoms with Gasteiger partial charge in [0.1, 0.15) is 17.1 Å². The van der Waals surface area contributed by atoms with E-state index in [0.29, 0.717) is 37.6 Å². The normalized spacial score (nSPS) is 20.9. The molecule has 1 fully saturated rings. The molecule has 0 saturated carbocycles. The zero-order chi connectivity index (χ0) is 18.6. The van der Waals surface area contributed by atoms with E-state index in [-0.39, 0.29) is 24.9 Å². The molecule has 1 aliphatic heterocycles. The highest BCUT2D eigenvalue weighted by molar-refractivity contribution is 5.91. The minimum absolute atomic E-state index is 0.126. The summed E-state index contributed by atoms with van der Waals surface area (Å²) in [6.45, 7) is 2.94. The molecule has 2 aromatic rings. The molecule has 0 unspecified atom stereocenters. The quantitative estimate of drug-likeness (QED) is 0.780. The summed E-state index contributed by atoms with van der Waals surface area (Å²) in [4.78, 5) is 14.1. The van der Waals surface area contributed by atoms with E-state index in [9.17, 15) is 14.3 Å². The lowest BCUT2D eigenvalue weighted by molar-refractivity contribution is -0.138. The number of carbonyl (C=O) groups is 1. The van der Waals surface area contributed by atoms with Gasteiger partial charge in [0.2, 0.25) is 5.91 Å². The highest BCUT2D eigenvalue weighted by atomic mass is 19.1. The first-order valence-corrected chi connectivity index (χ1v) is 8.30. The van der Waals surface area contributed by atoms with Crippen LogP contribution < -0.4 is 5.32 Å². The lowest BCUT2D eigenvalue weighted by atomic mass is 9.93. The highest BCUT2D eigenvalue weighted by Crippen LogP contribution is 2.23. The Hall–Kier alpha value is -2.36. The van der Waals surface area contributed by atoms with Crippen molar-refractivity contribution in [3.63, 3.8) is 0 Å². The van der Waals surface area contributed by atoms with Gasteiger partial charge in [-0.1, -0.05) is 17.3 Å². The van der Waals surface area contributed by atoms with Crippen molar-refractivity contribution in [3.05, 3.63) is 41.3 Å². The fourth-order valence-corrected chi connectivity index (χ4v) is 3.01. The average Bonchev–Trinajstić information content (AvgIpc) is 3.02. The van der Waals surface area contributed by atoms with Crippen LogP contribution in [0.15, 0.2) is 28.9 Å². The van der Waals surface area contributed by atoms with E-state index < -0.39 is 5.60 Å². The summed E-state index contributed by atoms with van der Waals surface area (Å²) in [5, 5.41) is 19.8. The second-order valence-corrected chi connectivity index (χ2v) is 6.45. The molecule has 0 aliphatic carbocycles. The minimum Gasteiger partial charge on any atom is -0.393 e. The van der Waals surface area contributed by atoms with Crippen molar-refractivity contribution in [1.29, 1.82) is 0 Å². The number of aliphatic hydroxyl groups excluding tert-OH is 1. The van der Waals surface area contributed by atoms with Gasteiger partial charge in [0.05, 0.1) is 19.8 Å². The van der Waals surface area contributed by atoms with Gasteiger partial charge in [-0.3, -0.25) is 9.69 Å². The summed E-state index contributed by atoms with van der Waals surface area (Å²) in [7, 11) is 0. The second kappa shape index (κ2) is 7.90. The summed E-state index contributed by atoms with van der Waals surface area (Å²) in [6, 6.07) is 6.09. The Balaban J connectivity index is 1.62. The van der Waals surface area contributed by atoms with Gasteiger partial charge in [-0.05, 0) is 29.8 Å². The second-order valence-electron chi connectivity index (χ2n) is 6.45. The molecular formula is C17H21FN4O4. The third kappa shape index (κ3) is 4.43. The number of aryl methyl sites for hydroxylation is 1. The van der Waals surface area contributed by atoms with Crippen LogP contribution in [0.4, 0.5) is 10.2 Å². The van der Waals surface area contributed by atoms with Crippen LogP contribution in [0, 0.1) is 12.7 Å². The fourth-order valence-electron chi connectivity index (χ4n) is 3.01. The summed E-state index contributed by atoms with van der Waals surface area (Å²) in [5.74, 6) is -0.269. The molecule has 1 aromatic carbocycles. The van der Waals surface area contributed by atoms with Crippen LogP contribution in [0.5, 0.6) is 0 Å². The Labute approximate surface area is 149 Å². The predicted molar refractivity (Wildman–Crippen MR) is 90.0 cm³/mol. The summed E-state index contributed by atoms with van der Waals surface area (Å²) < 4.78 is 23.5. The van der Waals surface area contributed by atoms with Crippen LogP contribution >= 0.6 is 0 Å². The van der Waals surface area contributed by atoms with Gasteiger partial charge in [-0.25, -0.2) is 9.02 Å². The number of halogens is 1. The van der Waals surface area contributed by atoms with Crippen LogP contribution in [-0.2, 0) is 16.0 Å². The molecule has 1 aromatic heterocycles. The summed E-state index contributed by atoms with van der Waals surface area (Å²) >= 11 is 0. The van der Waals surface area contributed by atoms with E-state index in [0.717, 1.165) is 5.56 Å². The number of carbonyl (C=O) groups excluding carboxylic acids is 1. The van der Waals surface area contributed by atoms with E-state index in [1.54, 1.807) is 19.1 Å². The number of ether oxygens (including phenoxy) is 1. The zero-order valence-electron chi connectivity index (χ0n) is 14.4. The van der Waals surface area contributed by atoms with Gasteiger partial charge in [-0.15, -0.1) is 0 Å². The van der Waals surface area contributed by atoms with Crippen molar-refractivity contribution in [2.45, 2.75) is 18.9 Å². The first-order valence-electron chi connectivity index (χ1n) is 8.30. The molecule has 9 heteroatoms. The lowest BCUT2D eigenvalue weighted by Gasteiger charge is -2.41. The summed E-state index contributed by atoms with van der Waals surface area (Å²) in [6.07, 6.45) is 0.425. The standard InChI is InChI=1S/C17H21FN4O4/c1-12-16(21-26-20-12)19-15(24)9-22-6-7-25-17(10-22,11-23)8-13-2-4-14(18)5-3-13/h2-5,23H,6-11H2,1H3,(H,19,21,24)/t17-/m0/s1. The Kier molecular flexibility index (Phi) is 5.60. The first kappa shape index (κ1) is 18.4. The van der Waals surface area contributed by atoms with Crippen LogP contribution in [0.2, 0.25) is 0 Å². The Bertz CT molecular complexity index is 751. The maximum Gasteiger partial charge on any atom is 0.239 e. The molecule has 1 atom stereocenters. The average molecular weight is 364 g/mol. The number of anilines is 1. The maximum atomic E-state index is 13.1. The minimum atomic E-state index is -0.832. The van der Waals surface area contributed by atoms with Crippen molar-refractivity contribution in [1.82, 2.24) is 15.2 Å². The third-order valence-electron chi connectivity index (χ3n) is 4.33. The zero-order valence-corrected chi connectivity index (χ0v) is 14.4. The predicted octanol–water partition coefficient (Wildman–Crippen LogP) is 0.762. The monoisotopic (exact) mass is 364 g/mol. The number of rotatable bonds is 6. The largest absolute Gasteiger partial charge is 0.393 e. The number of nitrogens with one attached hydrogen (secondary N) is 1. The van der Waals surface area contributed by atoms with Crippen molar-refractivity contribution >= 4 is 11.7 Å². The van der Waals surface area contributed by atoms with E-state index in [1.807, 2.05) is 4.90 Å². The van der Waals surface area contributed by atoms with Gasteiger partial charge in [-0.2, -0.15) is 0 Å². The SMILES string of the molecule is Cc1nonc1NC(=O)CN1CCO[C@@](CO)(Cc2ccc(F)cc2)C1. The number of morpholine rings is 1. The molecule has 3 rings (SSSR count). The summed E-state index contributed by atoms with van der Waals surface area (Å²) in [5.41, 5.74) is 0.527. The molecule has 0 radical (unpaired) electrons. The van der Waals surface area contributed by atoms with Gasteiger partial charge in [0.15, 0.2) is 5.82 Å². The molecule has 1 aliphatic rings. The number of benzene rings is 1. The topological polar surface area (TPSA) is 101 Å². The molecule has 2 N–H and O–H groups in total. The Morgan fingerprint density at radius 1 is 1.38 bits per heavy atom. The Morgan fingerprint density at radius 2 is 2.15 bits per heavy atom. The number of hydrogen-bond acceptors (Lipinski definition) is 7. The van der Waals surface area contributed by atoms with Gasteiger partial charge < -0.3 is 15.2 Å². The van der Waals surface area contributed by atoms with Crippen LogP contribution in [0.25, 0.3) is 0 Å². The van der Waals surface area contributed by atoms with E-state index in [1.165, 1.54) is 12.1 Å². The first-order chi connectivity index (χ1) is 12.5. The van der Waals surface area contributed by atoms with Gasteiger partial charge in [0.25, 0.3) is 0 Å². The Morgan fingerprint density at radius 3 is 2.81 bits per heavy atom.